The monoisotopic (exact) mass is 385 g/mol. The molecule has 0 aliphatic carbocycles. The van der Waals surface area contributed by atoms with Crippen molar-refractivity contribution in [3.05, 3.63) is 72.3 Å². The fourth-order valence-corrected chi connectivity index (χ4v) is 3.48. The molecule has 1 aliphatic heterocycles. The van der Waals surface area contributed by atoms with Gasteiger partial charge in [0.25, 0.3) is 10.1 Å². The molecule has 0 bridgehead atoms. The zero-order valence-electron chi connectivity index (χ0n) is 15.5. The molecule has 0 saturated carbocycles. The maximum absolute atomic E-state index is 11.6. The van der Waals surface area contributed by atoms with Crippen LogP contribution in [0.25, 0.3) is 11.1 Å². The molecular formula is C21H23NO4S. The van der Waals surface area contributed by atoms with Crippen LogP contribution in [0.4, 0.5) is 0 Å². The van der Waals surface area contributed by atoms with Crippen LogP contribution in [-0.4, -0.2) is 32.2 Å². The highest BCUT2D eigenvalue weighted by molar-refractivity contribution is 7.86. The molecule has 0 unspecified atom stereocenters. The van der Waals surface area contributed by atoms with Crippen LogP contribution in [0.1, 0.15) is 25.0 Å². The molecule has 1 aliphatic rings. The van der Waals surface area contributed by atoms with E-state index in [1.807, 2.05) is 62.4 Å². The molecule has 0 atom stereocenters. The van der Waals surface area contributed by atoms with E-state index in [1.54, 1.807) is 0 Å². The molecular weight excluding hydrogens is 362 g/mol. The standard InChI is InChI=1S/C21H23NO4S/c1-4-13-27(23,24)26-14-16-9-11-17(12-10-16)18-7-5-6-8-19(18)20-22-21(2,3)15-25-20/h4-12H,1,13-15H2,2-3H3. The number of benzene rings is 2. The SMILES string of the molecule is C=CCS(=O)(=O)OCc1ccc(-c2ccccc2C2=NC(C)(C)CO2)cc1. The second-order valence-electron chi connectivity index (χ2n) is 7.04. The number of rotatable bonds is 7. The topological polar surface area (TPSA) is 65.0 Å². The first kappa shape index (κ1) is 19.3. The normalized spacial score (nSPS) is 15.9. The average molecular weight is 385 g/mol. The minimum atomic E-state index is -3.57. The van der Waals surface area contributed by atoms with Gasteiger partial charge in [-0.1, -0.05) is 48.5 Å². The molecule has 5 nitrogen and oxygen atoms in total. The quantitative estimate of drug-likeness (QED) is 0.535. The van der Waals surface area contributed by atoms with Gasteiger partial charge in [0.2, 0.25) is 5.90 Å². The van der Waals surface area contributed by atoms with Crippen LogP contribution in [-0.2, 0) is 25.6 Å². The van der Waals surface area contributed by atoms with Crippen molar-refractivity contribution in [1.29, 1.82) is 0 Å². The van der Waals surface area contributed by atoms with Crippen LogP contribution in [0.5, 0.6) is 0 Å². The molecule has 0 spiro atoms. The van der Waals surface area contributed by atoms with E-state index < -0.39 is 10.1 Å². The lowest BCUT2D eigenvalue weighted by atomic mass is 9.98. The Morgan fingerprint density at radius 2 is 1.81 bits per heavy atom. The van der Waals surface area contributed by atoms with Gasteiger partial charge in [0.05, 0.1) is 17.9 Å². The van der Waals surface area contributed by atoms with Crippen molar-refractivity contribution in [2.75, 3.05) is 12.4 Å². The van der Waals surface area contributed by atoms with Crippen LogP contribution < -0.4 is 0 Å². The van der Waals surface area contributed by atoms with Gasteiger partial charge in [-0.2, -0.15) is 8.42 Å². The number of nitrogens with zero attached hydrogens (tertiary/aromatic N) is 1. The molecule has 0 radical (unpaired) electrons. The van der Waals surface area contributed by atoms with Crippen LogP contribution in [0.2, 0.25) is 0 Å². The summed E-state index contributed by atoms with van der Waals surface area (Å²) in [5.41, 5.74) is 3.51. The first-order valence-corrected chi connectivity index (χ1v) is 10.3. The lowest BCUT2D eigenvalue weighted by Crippen LogP contribution is -2.17. The number of ether oxygens (including phenoxy) is 1. The van der Waals surface area contributed by atoms with Gasteiger partial charge in [-0.25, -0.2) is 4.99 Å². The highest BCUT2D eigenvalue weighted by Gasteiger charge is 2.28. The lowest BCUT2D eigenvalue weighted by Gasteiger charge is -2.10. The van der Waals surface area contributed by atoms with Crippen molar-refractivity contribution in [1.82, 2.24) is 0 Å². The molecule has 27 heavy (non-hydrogen) atoms. The summed E-state index contributed by atoms with van der Waals surface area (Å²) in [7, 11) is -3.57. The third kappa shape index (κ3) is 4.84. The van der Waals surface area contributed by atoms with Crippen molar-refractivity contribution in [3.8, 4) is 11.1 Å². The van der Waals surface area contributed by atoms with E-state index in [1.165, 1.54) is 6.08 Å². The Morgan fingerprint density at radius 1 is 1.15 bits per heavy atom. The van der Waals surface area contributed by atoms with E-state index in [2.05, 4.69) is 11.6 Å². The molecule has 2 aromatic carbocycles. The van der Waals surface area contributed by atoms with Crippen molar-refractivity contribution >= 4 is 16.0 Å². The summed E-state index contributed by atoms with van der Waals surface area (Å²) < 4.78 is 34.0. The van der Waals surface area contributed by atoms with Crippen LogP contribution in [0.3, 0.4) is 0 Å². The van der Waals surface area contributed by atoms with Crippen molar-refractivity contribution in [3.63, 3.8) is 0 Å². The predicted octanol–water partition coefficient (Wildman–Crippen LogP) is 3.94. The molecule has 0 saturated heterocycles. The lowest BCUT2D eigenvalue weighted by molar-refractivity contribution is 0.279. The second-order valence-corrected chi connectivity index (χ2v) is 8.72. The molecule has 2 aromatic rings. The zero-order chi connectivity index (χ0) is 19.5. The third-order valence-corrected chi connectivity index (χ3v) is 5.24. The molecule has 6 heteroatoms. The minimum absolute atomic E-state index is 0.00209. The summed E-state index contributed by atoms with van der Waals surface area (Å²) in [6.07, 6.45) is 1.31. The summed E-state index contributed by atoms with van der Waals surface area (Å²) in [6, 6.07) is 15.5. The number of hydrogen-bond donors (Lipinski definition) is 0. The first-order chi connectivity index (χ1) is 12.8. The first-order valence-electron chi connectivity index (χ1n) is 8.69. The Labute approximate surface area is 160 Å². The Kier molecular flexibility index (Phi) is 5.48. The van der Waals surface area contributed by atoms with Gasteiger partial charge in [0.15, 0.2) is 0 Å². The summed E-state index contributed by atoms with van der Waals surface area (Å²) in [5.74, 6) is 0.454. The van der Waals surface area contributed by atoms with Crippen molar-refractivity contribution < 1.29 is 17.3 Å². The summed E-state index contributed by atoms with van der Waals surface area (Å²) in [4.78, 5) is 4.67. The molecule has 142 valence electrons. The van der Waals surface area contributed by atoms with E-state index >= 15 is 0 Å². The van der Waals surface area contributed by atoms with Gasteiger partial charge in [-0.3, -0.25) is 4.18 Å². The second kappa shape index (κ2) is 7.66. The van der Waals surface area contributed by atoms with E-state index in [0.29, 0.717) is 12.5 Å². The molecule has 1 heterocycles. The van der Waals surface area contributed by atoms with Gasteiger partial charge in [0.1, 0.15) is 6.61 Å². The van der Waals surface area contributed by atoms with Gasteiger partial charge >= 0.3 is 0 Å². The highest BCUT2D eigenvalue weighted by atomic mass is 32.2. The molecule has 0 amide bonds. The Hall–Kier alpha value is -2.44. The molecule has 0 fully saturated rings. The maximum atomic E-state index is 11.6. The molecule has 0 aromatic heterocycles. The molecule has 0 N–H and O–H groups in total. The highest BCUT2D eigenvalue weighted by Crippen LogP contribution is 2.29. The van der Waals surface area contributed by atoms with E-state index in [9.17, 15) is 8.42 Å². The van der Waals surface area contributed by atoms with Gasteiger partial charge < -0.3 is 4.74 Å². The number of aliphatic imine (C=N–C) groups is 1. The van der Waals surface area contributed by atoms with Gasteiger partial charge in [-0.15, -0.1) is 6.58 Å². The van der Waals surface area contributed by atoms with Gasteiger partial charge in [0, 0.05) is 5.56 Å². The minimum Gasteiger partial charge on any atom is -0.475 e. The smallest absolute Gasteiger partial charge is 0.271 e. The van der Waals surface area contributed by atoms with Crippen LogP contribution in [0, 0.1) is 0 Å². The van der Waals surface area contributed by atoms with Gasteiger partial charge in [-0.05, 0) is 36.6 Å². The zero-order valence-corrected chi connectivity index (χ0v) is 16.3. The average Bonchev–Trinajstić information content (AvgIpc) is 3.00. The van der Waals surface area contributed by atoms with E-state index in [-0.39, 0.29) is 17.9 Å². The number of hydrogen-bond acceptors (Lipinski definition) is 5. The van der Waals surface area contributed by atoms with Crippen molar-refractivity contribution in [2.45, 2.75) is 26.0 Å². The summed E-state index contributed by atoms with van der Waals surface area (Å²) in [6.45, 7) is 8.06. The summed E-state index contributed by atoms with van der Waals surface area (Å²) in [5, 5.41) is 0. The fraction of sp³-hybridized carbons (Fsp3) is 0.286. The fourth-order valence-electron chi connectivity index (χ4n) is 2.77. The maximum Gasteiger partial charge on any atom is 0.271 e. The largest absolute Gasteiger partial charge is 0.475 e. The van der Waals surface area contributed by atoms with E-state index in [0.717, 1.165) is 22.3 Å². The predicted molar refractivity (Wildman–Crippen MR) is 107 cm³/mol. The summed E-state index contributed by atoms with van der Waals surface area (Å²) >= 11 is 0. The Balaban J connectivity index is 1.81. The van der Waals surface area contributed by atoms with Crippen LogP contribution >= 0.6 is 0 Å². The van der Waals surface area contributed by atoms with E-state index in [4.69, 9.17) is 8.92 Å². The third-order valence-electron chi connectivity index (χ3n) is 4.12. The van der Waals surface area contributed by atoms with Crippen molar-refractivity contribution in [2.24, 2.45) is 4.99 Å². The van der Waals surface area contributed by atoms with Crippen LogP contribution in [0.15, 0.2) is 66.2 Å². The molecule has 3 rings (SSSR count). The Morgan fingerprint density at radius 3 is 2.41 bits per heavy atom. The Bertz CT molecular complexity index is 960.